The van der Waals surface area contributed by atoms with E-state index >= 15 is 0 Å². The van der Waals surface area contributed by atoms with Gasteiger partial charge in [0.2, 0.25) is 0 Å². The zero-order valence-electron chi connectivity index (χ0n) is 11.4. The first kappa shape index (κ1) is 14.0. The Morgan fingerprint density at radius 1 is 1.40 bits per heavy atom. The smallest absolute Gasteiger partial charge is 0.262 e. The summed E-state index contributed by atoms with van der Waals surface area (Å²) < 4.78 is 13.8. The van der Waals surface area contributed by atoms with Gasteiger partial charge < -0.3 is 10.6 Å². The fraction of sp³-hybridized carbons (Fsp3) is 0.200. The van der Waals surface area contributed by atoms with E-state index in [0.29, 0.717) is 12.2 Å². The lowest BCUT2D eigenvalue weighted by atomic mass is 10.1. The molecule has 1 aromatic carbocycles. The maximum atomic E-state index is 13.8. The van der Waals surface area contributed by atoms with Crippen molar-refractivity contribution in [2.45, 2.75) is 13.8 Å². The Hall–Kier alpha value is -2.43. The van der Waals surface area contributed by atoms with Gasteiger partial charge in [-0.3, -0.25) is 9.78 Å². The van der Waals surface area contributed by atoms with E-state index in [9.17, 15) is 9.18 Å². The molecule has 0 saturated carbocycles. The second-order valence-electron chi connectivity index (χ2n) is 4.41. The average molecular weight is 273 g/mol. The topological polar surface area (TPSA) is 59.2 Å². The van der Waals surface area contributed by atoms with Gasteiger partial charge >= 0.3 is 0 Å². The number of nitrogens with zero attached hydrogens (tertiary/aromatic N) is 2. The number of aromatic nitrogens is 1. The lowest BCUT2D eigenvalue weighted by Crippen LogP contribution is -2.32. The van der Waals surface area contributed by atoms with Crippen LogP contribution in [0, 0.1) is 12.7 Å². The highest BCUT2D eigenvalue weighted by Gasteiger charge is 2.21. The van der Waals surface area contributed by atoms with Crippen LogP contribution in [0.3, 0.4) is 0 Å². The first-order valence-electron chi connectivity index (χ1n) is 6.33. The number of para-hydroxylation sites is 1. The zero-order chi connectivity index (χ0) is 14.7. The van der Waals surface area contributed by atoms with Gasteiger partial charge in [-0.2, -0.15) is 0 Å². The maximum Gasteiger partial charge on any atom is 0.262 e. The molecule has 1 aromatic heterocycles. The van der Waals surface area contributed by atoms with Crippen molar-refractivity contribution in [2.24, 2.45) is 0 Å². The fourth-order valence-corrected chi connectivity index (χ4v) is 2.00. The molecule has 0 unspecified atom stereocenters. The molecular weight excluding hydrogens is 257 g/mol. The van der Waals surface area contributed by atoms with Crippen molar-refractivity contribution >= 4 is 17.3 Å². The van der Waals surface area contributed by atoms with E-state index in [1.165, 1.54) is 17.2 Å². The Labute approximate surface area is 117 Å². The highest BCUT2D eigenvalue weighted by Crippen LogP contribution is 2.22. The van der Waals surface area contributed by atoms with Crippen LogP contribution in [0.1, 0.15) is 23.0 Å². The van der Waals surface area contributed by atoms with Crippen LogP contribution in [0.15, 0.2) is 36.5 Å². The van der Waals surface area contributed by atoms with Crippen molar-refractivity contribution in [1.82, 2.24) is 4.98 Å². The average Bonchev–Trinajstić information content (AvgIpc) is 2.41. The quantitative estimate of drug-likeness (QED) is 0.935. The molecular formula is C15H16FN3O. The normalized spacial score (nSPS) is 10.3. The lowest BCUT2D eigenvalue weighted by molar-refractivity contribution is 0.0988. The summed E-state index contributed by atoms with van der Waals surface area (Å²) in [6.45, 7) is 3.91. The van der Waals surface area contributed by atoms with Crippen LogP contribution >= 0.6 is 0 Å². The molecule has 4 nitrogen and oxygen atoms in total. The Morgan fingerprint density at radius 2 is 2.10 bits per heavy atom. The van der Waals surface area contributed by atoms with Crippen molar-refractivity contribution in [3.8, 4) is 0 Å². The monoisotopic (exact) mass is 273 g/mol. The number of hydrogen-bond acceptors (Lipinski definition) is 3. The van der Waals surface area contributed by atoms with E-state index in [4.69, 9.17) is 5.73 Å². The van der Waals surface area contributed by atoms with E-state index in [-0.39, 0.29) is 17.2 Å². The van der Waals surface area contributed by atoms with Crippen molar-refractivity contribution < 1.29 is 9.18 Å². The standard InChI is InChI=1S/C15H16FN3O/c1-3-19(14-7-5-4-6-12(14)16)15(20)11-9-18-10(2)8-13(11)17/h4-9H,3H2,1-2H3,(H2,17,18). The number of halogens is 1. The van der Waals surface area contributed by atoms with Crippen LogP contribution in [0.2, 0.25) is 0 Å². The maximum absolute atomic E-state index is 13.8. The number of carbonyl (C=O) groups excluding carboxylic acids is 1. The van der Waals surface area contributed by atoms with E-state index in [0.717, 1.165) is 5.69 Å². The van der Waals surface area contributed by atoms with E-state index in [2.05, 4.69) is 4.98 Å². The van der Waals surface area contributed by atoms with Crippen LogP contribution in [0.4, 0.5) is 15.8 Å². The molecule has 104 valence electrons. The molecule has 0 spiro atoms. The number of nitrogens with two attached hydrogens (primary N) is 1. The number of hydrogen-bond donors (Lipinski definition) is 1. The van der Waals surface area contributed by atoms with Gasteiger partial charge in [-0.15, -0.1) is 0 Å². The van der Waals surface area contributed by atoms with Crippen molar-refractivity contribution in [3.05, 3.63) is 53.6 Å². The van der Waals surface area contributed by atoms with E-state index in [1.807, 2.05) is 0 Å². The van der Waals surface area contributed by atoms with Gasteiger partial charge in [0.05, 0.1) is 11.3 Å². The summed E-state index contributed by atoms with van der Waals surface area (Å²) in [5.74, 6) is -0.802. The van der Waals surface area contributed by atoms with E-state index < -0.39 is 5.82 Å². The summed E-state index contributed by atoms with van der Waals surface area (Å²) in [5.41, 5.74) is 7.44. The van der Waals surface area contributed by atoms with Crippen molar-refractivity contribution in [3.63, 3.8) is 0 Å². The number of carbonyl (C=O) groups is 1. The summed E-state index contributed by atoms with van der Waals surface area (Å²) in [6, 6.07) is 7.78. The van der Waals surface area contributed by atoms with Gasteiger partial charge in [-0.05, 0) is 32.0 Å². The van der Waals surface area contributed by atoms with Crippen molar-refractivity contribution in [2.75, 3.05) is 17.2 Å². The Balaban J connectivity index is 2.42. The molecule has 0 bridgehead atoms. The van der Waals surface area contributed by atoms with Gasteiger partial charge in [0, 0.05) is 24.1 Å². The van der Waals surface area contributed by atoms with Crippen LogP contribution < -0.4 is 10.6 Å². The molecule has 5 heteroatoms. The molecule has 1 amide bonds. The van der Waals surface area contributed by atoms with Crippen LogP contribution in [-0.2, 0) is 0 Å². The molecule has 20 heavy (non-hydrogen) atoms. The predicted octanol–water partition coefficient (Wildman–Crippen LogP) is 2.78. The molecule has 1 heterocycles. The Bertz CT molecular complexity index is 643. The van der Waals surface area contributed by atoms with Gasteiger partial charge in [-0.1, -0.05) is 12.1 Å². The summed E-state index contributed by atoms with van der Waals surface area (Å²) in [4.78, 5) is 17.9. The molecule has 0 aliphatic carbocycles. The second kappa shape index (κ2) is 5.69. The third-order valence-electron chi connectivity index (χ3n) is 3.01. The molecule has 0 aliphatic heterocycles. The fourth-order valence-electron chi connectivity index (χ4n) is 2.00. The highest BCUT2D eigenvalue weighted by atomic mass is 19.1. The summed E-state index contributed by atoms with van der Waals surface area (Å²) in [6.07, 6.45) is 1.43. The predicted molar refractivity (Wildman–Crippen MR) is 77.1 cm³/mol. The lowest BCUT2D eigenvalue weighted by Gasteiger charge is -2.22. The number of nitrogen functional groups attached to an aromatic ring is 1. The molecule has 0 atom stereocenters. The number of aryl methyl sites for hydroxylation is 1. The Morgan fingerprint density at radius 3 is 2.70 bits per heavy atom. The number of benzene rings is 1. The first-order valence-corrected chi connectivity index (χ1v) is 6.33. The number of anilines is 2. The molecule has 0 aliphatic rings. The van der Waals surface area contributed by atoms with Gasteiger partial charge in [0.25, 0.3) is 5.91 Å². The molecule has 0 fully saturated rings. The third-order valence-corrected chi connectivity index (χ3v) is 3.01. The minimum atomic E-state index is -0.443. The largest absolute Gasteiger partial charge is 0.398 e. The summed E-state index contributed by atoms with van der Waals surface area (Å²) in [7, 11) is 0. The first-order chi connectivity index (χ1) is 9.54. The second-order valence-corrected chi connectivity index (χ2v) is 4.41. The summed E-state index contributed by atoms with van der Waals surface area (Å²) in [5, 5.41) is 0. The van der Waals surface area contributed by atoms with Crippen LogP contribution in [0.25, 0.3) is 0 Å². The highest BCUT2D eigenvalue weighted by molar-refractivity contribution is 6.09. The summed E-state index contributed by atoms with van der Waals surface area (Å²) >= 11 is 0. The molecule has 2 rings (SSSR count). The number of pyridine rings is 1. The van der Waals surface area contributed by atoms with Gasteiger partial charge in [0.15, 0.2) is 0 Å². The van der Waals surface area contributed by atoms with Crippen molar-refractivity contribution in [1.29, 1.82) is 0 Å². The van der Waals surface area contributed by atoms with Crippen LogP contribution in [-0.4, -0.2) is 17.4 Å². The molecule has 0 saturated heterocycles. The molecule has 0 radical (unpaired) electrons. The van der Waals surface area contributed by atoms with Gasteiger partial charge in [0.1, 0.15) is 5.82 Å². The minimum Gasteiger partial charge on any atom is -0.398 e. The van der Waals surface area contributed by atoms with Crippen LogP contribution in [0.5, 0.6) is 0 Å². The molecule has 2 aromatic rings. The third kappa shape index (κ3) is 2.61. The number of rotatable bonds is 3. The Kier molecular flexibility index (Phi) is 3.98. The minimum absolute atomic E-state index is 0.236. The zero-order valence-corrected chi connectivity index (χ0v) is 11.4. The van der Waals surface area contributed by atoms with E-state index in [1.54, 1.807) is 38.1 Å². The number of amides is 1. The van der Waals surface area contributed by atoms with Gasteiger partial charge in [-0.25, -0.2) is 4.39 Å². The SMILES string of the molecule is CCN(C(=O)c1cnc(C)cc1N)c1ccccc1F. The molecule has 2 N–H and O–H groups in total.